The summed E-state index contributed by atoms with van der Waals surface area (Å²) in [4.78, 5) is 0. The van der Waals surface area contributed by atoms with Crippen molar-refractivity contribution in [3.05, 3.63) is 35.6 Å². The summed E-state index contributed by atoms with van der Waals surface area (Å²) in [5, 5.41) is 9.43. The van der Waals surface area contributed by atoms with E-state index in [1.807, 2.05) is 0 Å². The van der Waals surface area contributed by atoms with Gasteiger partial charge in [0.05, 0.1) is 0 Å². The van der Waals surface area contributed by atoms with Gasteiger partial charge in [-0.1, -0.05) is 46.9 Å². The zero-order valence-corrected chi connectivity index (χ0v) is 8.61. The van der Waals surface area contributed by atoms with E-state index in [4.69, 9.17) is 34.8 Å². The average Bonchev–Trinajstić information content (AvgIpc) is 2.03. The quantitative estimate of drug-likeness (QED) is 0.751. The molecule has 0 unspecified atom stereocenters. The molecule has 0 aromatic heterocycles. The minimum atomic E-state index is -1.79. The number of aliphatic hydroxyl groups excluding tert-OH is 1. The molecule has 13 heavy (non-hydrogen) atoms. The highest BCUT2D eigenvalue weighted by Gasteiger charge is 2.31. The molecule has 1 nitrogen and oxygen atoms in total. The first kappa shape index (κ1) is 11.1. The predicted octanol–water partition coefficient (Wildman–Crippen LogP) is 3.23. The Morgan fingerprint density at radius 1 is 1.15 bits per heavy atom. The van der Waals surface area contributed by atoms with E-state index < -0.39 is 15.7 Å². The molecule has 0 saturated heterocycles. The monoisotopic (exact) mass is 242 g/mol. The molecule has 0 aliphatic rings. The molecule has 0 heterocycles. The third kappa shape index (κ3) is 2.99. The molecule has 0 saturated carbocycles. The maximum absolute atomic E-state index is 12.5. The topological polar surface area (TPSA) is 20.2 Å². The van der Waals surface area contributed by atoms with Gasteiger partial charge in [0, 0.05) is 0 Å². The SMILES string of the molecule is O[C@@H](c1ccc(F)cc1)C(Cl)(Cl)Cl. The van der Waals surface area contributed by atoms with Crippen molar-refractivity contribution in [2.24, 2.45) is 0 Å². The first-order valence-corrected chi connectivity index (χ1v) is 4.55. The average molecular weight is 243 g/mol. The van der Waals surface area contributed by atoms with Crippen LogP contribution in [-0.2, 0) is 0 Å². The largest absolute Gasteiger partial charge is 0.384 e. The van der Waals surface area contributed by atoms with Crippen LogP contribution in [0.3, 0.4) is 0 Å². The Labute approximate surface area is 90.0 Å². The summed E-state index contributed by atoms with van der Waals surface area (Å²) >= 11 is 16.3. The Morgan fingerprint density at radius 2 is 1.62 bits per heavy atom. The van der Waals surface area contributed by atoms with Gasteiger partial charge in [-0.05, 0) is 17.7 Å². The van der Waals surface area contributed by atoms with Crippen LogP contribution in [0.4, 0.5) is 4.39 Å². The fraction of sp³-hybridized carbons (Fsp3) is 0.250. The zero-order chi connectivity index (χ0) is 10.1. The minimum absolute atomic E-state index is 0.362. The van der Waals surface area contributed by atoms with Gasteiger partial charge in [0.1, 0.15) is 11.9 Å². The fourth-order valence-electron chi connectivity index (χ4n) is 0.834. The summed E-state index contributed by atoms with van der Waals surface area (Å²) in [6.07, 6.45) is -1.25. The molecule has 1 aromatic carbocycles. The molecule has 1 atom stereocenters. The molecule has 0 radical (unpaired) electrons. The molecule has 1 aromatic rings. The van der Waals surface area contributed by atoms with E-state index in [2.05, 4.69) is 0 Å². The highest BCUT2D eigenvalue weighted by molar-refractivity contribution is 6.68. The lowest BCUT2D eigenvalue weighted by Crippen LogP contribution is -2.16. The van der Waals surface area contributed by atoms with Gasteiger partial charge in [-0.15, -0.1) is 0 Å². The van der Waals surface area contributed by atoms with E-state index >= 15 is 0 Å². The van der Waals surface area contributed by atoms with E-state index in [9.17, 15) is 9.50 Å². The molecule has 0 aliphatic heterocycles. The molecule has 0 amide bonds. The van der Waals surface area contributed by atoms with E-state index in [-0.39, 0.29) is 0 Å². The third-order valence-corrected chi connectivity index (χ3v) is 2.12. The Morgan fingerprint density at radius 3 is 2.00 bits per heavy atom. The molecule has 1 rings (SSSR count). The lowest BCUT2D eigenvalue weighted by molar-refractivity contribution is 0.182. The molecule has 0 fully saturated rings. The fourth-order valence-corrected chi connectivity index (χ4v) is 1.21. The highest BCUT2D eigenvalue weighted by Crippen LogP contribution is 2.39. The summed E-state index contributed by atoms with van der Waals surface area (Å²) in [6, 6.07) is 5.10. The van der Waals surface area contributed by atoms with Gasteiger partial charge in [0.15, 0.2) is 0 Å². The lowest BCUT2D eigenvalue weighted by Gasteiger charge is -2.18. The second-order valence-electron chi connectivity index (χ2n) is 2.50. The minimum Gasteiger partial charge on any atom is -0.384 e. The van der Waals surface area contributed by atoms with Crippen molar-refractivity contribution < 1.29 is 9.50 Å². The van der Waals surface area contributed by atoms with Crippen molar-refractivity contribution in [3.63, 3.8) is 0 Å². The van der Waals surface area contributed by atoms with Gasteiger partial charge < -0.3 is 5.11 Å². The summed E-state index contributed by atoms with van der Waals surface area (Å²) in [5.41, 5.74) is 0.362. The van der Waals surface area contributed by atoms with Crippen molar-refractivity contribution in [3.8, 4) is 0 Å². The molecule has 0 aliphatic carbocycles. The maximum Gasteiger partial charge on any atom is 0.220 e. The highest BCUT2D eigenvalue weighted by atomic mass is 35.6. The van der Waals surface area contributed by atoms with Gasteiger partial charge in [-0.25, -0.2) is 4.39 Å². The summed E-state index contributed by atoms with van der Waals surface area (Å²) in [6.45, 7) is 0. The summed E-state index contributed by atoms with van der Waals surface area (Å²) in [5.74, 6) is -0.403. The Kier molecular flexibility index (Phi) is 3.41. The summed E-state index contributed by atoms with van der Waals surface area (Å²) < 4.78 is 10.7. The second kappa shape index (κ2) is 4.01. The van der Waals surface area contributed by atoms with E-state index in [0.29, 0.717) is 5.56 Å². The van der Waals surface area contributed by atoms with Gasteiger partial charge in [-0.2, -0.15) is 0 Å². The van der Waals surface area contributed by atoms with Crippen LogP contribution in [0, 0.1) is 5.82 Å². The second-order valence-corrected chi connectivity index (χ2v) is 4.86. The molecular weight excluding hydrogens is 237 g/mol. The molecular formula is C8H6Cl3FO. The number of hydrogen-bond donors (Lipinski definition) is 1. The number of benzene rings is 1. The van der Waals surface area contributed by atoms with Crippen molar-refractivity contribution in [1.29, 1.82) is 0 Å². The zero-order valence-electron chi connectivity index (χ0n) is 6.35. The van der Waals surface area contributed by atoms with Crippen LogP contribution in [0.15, 0.2) is 24.3 Å². The lowest BCUT2D eigenvalue weighted by atomic mass is 10.1. The van der Waals surface area contributed by atoms with E-state index in [1.165, 1.54) is 24.3 Å². The number of aliphatic hydroxyl groups is 1. The standard InChI is InChI=1S/C8H6Cl3FO/c9-8(10,11)7(13)5-1-3-6(12)4-2-5/h1-4,7,13H/t7-/m0/s1. The van der Waals surface area contributed by atoms with Crippen molar-refractivity contribution >= 4 is 34.8 Å². The Balaban J connectivity index is 2.90. The van der Waals surface area contributed by atoms with Crippen LogP contribution in [0.2, 0.25) is 0 Å². The number of halogens is 4. The van der Waals surface area contributed by atoms with Crippen molar-refractivity contribution in [1.82, 2.24) is 0 Å². The maximum atomic E-state index is 12.5. The van der Waals surface area contributed by atoms with Gasteiger partial charge in [0.25, 0.3) is 0 Å². The molecule has 0 bridgehead atoms. The van der Waals surface area contributed by atoms with Gasteiger partial charge >= 0.3 is 0 Å². The van der Waals surface area contributed by atoms with E-state index in [0.717, 1.165) is 0 Å². The number of hydrogen-bond acceptors (Lipinski definition) is 1. The molecule has 0 spiro atoms. The van der Waals surface area contributed by atoms with Crippen LogP contribution in [0.1, 0.15) is 11.7 Å². The van der Waals surface area contributed by atoms with Crippen LogP contribution in [-0.4, -0.2) is 8.90 Å². The predicted molar refractivity (Wildman–Crippen MR) is 51.6 cm³/mol. The van der Waals surface area contributed by atoms with Crippen LogP contribution in [0.5, 0.6) is 0 Å². The first-order chi connectivity index (χ1) is 5.91. The smallest absolute Gasteiger partial charge is 0.220 e. The normalized spacial score (nSPS) is 14.2. The molecule has 72 valence electrons. The van der Waals surface area contributed by atoms with Gasteiger partial charge in [0.2, 0.25) is 3.79 Å². The van der Waals surface area contributed by atoms with Crippen molar-refractivity contribution in [2.75, 3.05) is 0 Å². The molecule has 1 N–H and O–H groups in total. The Hall–Kier alpha value is -0.0200. The van der Waals surface area contributed by atoms with Crippen molar-refractivity contribution in [2.45, 2.75) is 9.90 Å². The Bertz CT molecular complexity index is 280. The third-order valence-electron chi connectivity index (χ3n) is 1.50. The van der Waals surface area contributed by atoms with Gasteiger partial charge in [-0.3, -0.25) is 0 Å². The van der Waals surface area contributed by atoms with Crippen LogP contribution in [0.25, 0.3) is 0 Å². The summed E-state index contributed by atoms with van der Waals surface area (Å²) in [7, 11) is 0. The van der Waals surface area contributed by atoms with Crippen LogP contribution >= 0.6 is 34.8 Å². The van der Waals surface area contributed by atoms with Crippen LogP contribution < -0.4 is 0 Å². The number of rotatable bonds is 1. The van der Waals surface area contributed by atoms with E-state index in [1.54, 1.807) is 0 Å². The first-order valence-electron chi connectivity index (χ1n) is 3.41. The molecule has 5 heteroatoms. The number of alkyl halides is 3.